The van der Waals surface area contributed by atoms with Crippen LogP contribution in [-0.4, -0.2) is 26.4 Å². The summed E-state index contributed by atoms with van der Waals surface area (Å²) in [6.07, 6.45) is 7.71. The molecule has 2 nitrogen and oxygen atoms in total. The van der Waals surface area contributed by atoms with Crippen molar-refractivity contribution in [2.24, 2.45) is 22.7 Å². The van der Waals surface area contributed by atoms with Gasteiger partial charge in [0.2, 0.25) is 0 Å². The Bertz CT molecular complexity index is 268. The Labute approximate surface area is 139 Å². The van der Waals surface area contributed by atoms with Crippen LogP contribution in [0.4, 0.5) is 0 Å². The van der Waals surface area contributed by atoms with Gasteiger partial charge in [0.15, 0.2) is 0 Å². The highest BCUT2D eigenvalue weighted by molar-refractivity contribution is 4.87. The molecule has 0 aromatic heterocycles. The van der Waals surface area contributed by atoms with Crippen LogP contribution in [0.1, 0.15) is 80.1 Å². The average Bonchev–Trinajstić information content (AvgIpc) is 2.56. The second-order valence-electron chi connectivity index (χ2n) is 8.02. The molecule has 0 saturated carbocycles. The van der Waals surface area contributed by atoms with E-state index in [9.17, 15) is 0 Å². The summed E-state index contributed by atoms with van der Waals surface area (Å²) < 4.78 is 10.9. The zero-order valence-corrected chi connectivity index (χ0v) is 16.0. The van der Waals surface area contributed by atoms with Crippen LogP contribution in [0.3, 0.4) is 0 Å². The van der Waals surface area contributed by atoms with Gasteiger partial charge in [-0.15, -0.1) is 0 Å². The molecule has 22 heavy (non-hydrogen) atoms. The fraction of sp³-hybridized carbons (Fsp3) is 1.00. The predicted molar refractivity (Wildman–Crippen MR) is 95.2 cm³/mol. The Morgan fingerprint density at radius 2 is 1.32 bits per heavy atom. The SMILES string of the molecule is CC(C)C1(C(C)C)CCOCC1.CCC1(CC)CCCOC1. The first-order valence-corrected chi connectivity index (χ1v) is 9.58. The molecule has 132 valence electrons. The minimum Gasteiger partial charge on any atom is -0.381 e. The molecule has 0 aromatic rings. The number of hydrogen-bond acceptors (Lipinski definition) is 2. The van der Waals surface area contributed by atoms with Crippen LogP contribution in [0.25, 0.3) is 0 Å². The molecule has 0 radical (unpaired) electrons. The smallest absolute Gasteiger partial charge is 0.0522 e. The summed E-state index contributed by atoms with van der Waals surface area (Å²) in [4.78, 5) is 0. The molecule has 2 saturated heterocycles. The van der Waals surface area contributed by atoms with Crippen molar-refractivity contribution in [3.8, 4) is 0 Å². The van der Waals surface area contributed by atoms with Gasteiger partial charge in [-0.3, -0.25) is 0 Å². The molecule has 0 aromatic carbocycles. The van der Waals surface area contributed by atoms with E-state index < -0.39 is 0 Å². The van der Waals surface area contributed by atoms with E-state index in [1.165, 1.54) is 38.5 Å². The van der Waals surface area contributed by atoms with E-state index in [0.717, 1.165) is 38.3 Å². The van der Waals surface area contributed by atoms with Gasteiger partial charge in [0.05, 0.1) is 6.61 Å². The second-order valence-corrected chi connectivity index (χ2v) is 8.02. The van der Waals surface area contributed by atoms with E-state index in [1.54, 1.807) is 0 Å². The van der Waals surface area contributed by atoms with Crippen LogP contribution < -0.4 is 0 Å². The Hall–Kier alpha value is -0.0800. The van der Waals surface area contributed by atoms with Gasteiger partial charge in [0.1, 0.15) is 0 Å². The Balaban J connectivity index is 0.000000224. The summed E-state index contributed by atoms with van der Waals surface area (Å²) in [5, 5.41) is 0. The molecule has 2 fully saturated rings. The molecule has 0 N–H and O–H groups in total. The van der Waals surface area contributed by atoms with Crippen LogP contribution in [0.15, 0.2) is 0 Å². The van der Waals surface area contributed by atoms with Gasteiger partial charge in [-0.2, -0.15) is 0 Å². The highest BCUT2D eigenvalue weighted by Crippen LogP contribution is 2.44. The van der Waals surface area contributed by atoms with E-state index in [0.29, 0.717) is 10.8 Å². The van der Waals surface area contributed by atoms with Gasteiger partial charge in [0.25, 0.3) is 0 Å². The average molecular weight is 313 g/mol. The molecule has 2 heterocycles. The first kappa shape index (κ1) is 20.0. The van der Waals surface area contributed by atoms with E-state index in [4.69, 9.17) is 9.47 Å². The van der Waals surface area contributed by atoms with Crippen LogP contribution in [-0.2, 0) is 9.47 Å². The van der Waals surface area contributed by atoms with Crippen molar-refractivity contribution >= 4 is 0 Å². The fourth-order valence-corrected chi connectivity index (χ4v) is 4.29. The molecular formula is C20H40O2. The summed E-state index contributed by atoms with van der Waals surface area (Å²) >= 11 is 0. The molecule has 0 aliphatic carbocycles. The molecule has 0 unspecified atom stereocenters. The predicted octanol–water partition coefficient (Wildman–Crippen LogP) is 5.70. The minimum atomic E-state index is 0.540. The lowest BCUT2D eigenvalue weighted by atomic mass is 9.64. The zero-order valence-electron chi connectivity index (χ0n) is 16.0. The lowest BCUT2D eigenvalue weighted by Crippen LogP contribution is -2.38. The van der Waals surface area contributed by atoms with E-state index in [1.807, 2.05) is 0 Å². The summed E-state index contributed by atoms with van der Waals surface area (Å²) in [6.45, 7) is 17.9. The van der Waals surface area contributed by atoms with Gasteiger partial charge in [-0.25, -0.2) is 0 Å². The van der Waals surface area contributed by atoms with E-state index >= 15 is 0 Å². The summed E-state index contributed by atoms with van der Waals surface area (Å²) in [5.74, 6) is 1.59. The van der Waals surface area contributed by atoms with E-state index in [2.05, 4.69) is 41.5 Å². The fourth-order valence-electron chi connectivity index (χ4n) is 4.29. The van der Waals surface area contributed by atoms with Gasteiger partial charge in [0, 0.05) is 19.8 Å². The maximum atomic E-state index is 5.47. The highest BCUT2D eigenvalue weighted by Gasteiger charge is 2.38. The topological polar surface area (TPSA) is 18.5 Å². The molecule has 0 spiro atoms. The van der Waals surface area contributed by atoms with Gasteiger partial charge in [-0.1, -0.05) is 41.5 Å². The zero-order chi connectivity index (χ0) is 16.6. The third-order valence-corrected chi connectivity index (χ3v) is 6.63. The van der Waals surface area contributed by atoms with E-state index in [-0.39, 0.29) is 0 Å². The highest BCUT2D eigenvalue weighted by atomic mass is 16.5. The number of ether oxygens (including phenoxy) is 2. The molecule has 2 rings (SSSR count). The van der Waals surface area contributed by atoms with Crippen molar-refractivity contribution < 1.29 is 9.47 Å². The first-order valence-electron chi connectivity index (χ1n) is 9.58. The normalized spacial score (nSPS) is 24.0. The lowest BCUT2D eigenvalue weighted by molar-refractivity contribution is -0.0381. The minimum absolute atomic E-state index is 0.540. The van der Waals surface area contributed by atoms with Crippen molar-refractivity contribution in [2.45, 2.75) is 80.1 Å². The molecule has 0 bridgehead atoms. The van der Waals surface area contributed by atoms with Crippen LogP contribution in [0, 0.1) is 22.7 Å². The van der Waals surface area contributed by atoms with Crippen LogP contribution >= 0.6 is 0 Å². The maximum Gasteiger partial charge on any atom is 0.0522 e. The lowest BCUT2D eigenvalue weighted by Gasteiger charge is -2.44. The quantitative estimate of drug-likeness (QED) is 0.663. The standard InChI is InChI=1S/C11H22O.C9H18O/c1-9(2)11(10(3)4)5-7-12-8-6-11;1-3-9(4-2)6-5-7-10-8-9/h9-10H,5-8H2,1-4H3;3-8H2,1-2H3. The first-order chi connectivity index (χ1) is 10.4. The monoisotopic (exact) mass is 312 g/mol. The Kier molecular flexibility index (Phi) is 8.42. The maximum absolute atomic E-state index is 5.47. The summed E-state index contributed by atoms with van der Waals surface area (Å²) in [7, 11) is 0. The molecule has 2 aliphatic heterocycles. The largest absolute Gasteiger partial charge is 0.381 e. The van der Waals surface area contributed by atoms with Gasteiger partial charge >= 0.3 is 0 Å². The summed E-state index contributed by atoms with van der Waals surface area (Å²) in [5.41, 5.74) is 1.09. The second kappa shape index (κ2) is 9.27. The summed E-state index contributed by atoms with van der Waals surface area (Å²) in [6, 6.07) is 0. The van der Waals surface area contributed by atoms with Crippen LogP contribution in [0.5, 0.6) is 0 Å². The third kappa shape index (κ3) is 4.96. The van der Waals surface area contributed by atoms with Crippen molar-refractivity contribution in [3.63, 3.8) is 0 Å². The van der Waals surface area contributed by atoms with Crippen molar-refractivity contribution in [1.82, 2.24) is 0 Å². The molecule has 2 heteroatoms. The third-order valence-electron chi connectivity index (χ3n) is 6.63. The van der Waals surface area contributed by atoms with Crippen molar-refractivity contribution in [1.29, 1.82) is 0 Å². The van der Waals surface area contributed by atoms with Crippen LogP contribution in [0.2, 0.25) is 0 Å². The van der Waals surface area contributed by atoms with Gasteiger partial charge < -0.3 is 9.47 Å². The Morgan fingerprint density at radius 3 is 1.59 bits per heavy atom. The van der Waals surface area contributed by atoms with Gasteiger partial charge in [-0.05, 0) is 61.2 Å². The van der Waals surface area contributed by atoms with Crippen molar-refractivity contribution in [2.75, 3.05) is 26.4 Å². The number of rotatable bonds is 4. The molecular weight excluding hydrogens is 272 g/mol. The molecule has 0 atom stereocenters. The molecule has 2 aliphatic rings. The van der Waals surface area contributed by atoms with Crippen molar-refractivity contribution in [3.05, 3.63) is 0 Å². The number of hydrogen-bond donors (Lipinski definition) is 0. The molecule has 0 amide bonds. The Morgan fingerprint density at radius 1 is 0.773 bits per heavy atom.